The van der Waals surface area contributed by atoms with E-state index < -0.39 is 0 Å². The van der Waals surface area contributed by atoms with Crippen molar-refractivity contribution in [3.63, 3.8) is 0 Å². The molecule has 1 N–H and O–H groups in total. The van der Waals surface area contributed by atoms with Crippen molar-refractivity contribution in [2.45, 2.75) is 6.54 Å². The van der Waals surface area contributed by atoms with Crippen molar-refractivity contribution in [1.82, 2.24) is 9.88 Å². The lowest BCUT2D eigenvalue weighted by Crippen LogP contribution is -2.26. The Balaban J connectivity index is 1.82. The first kappa shape index (κ1) is 15.1. The van der Waals surface area contributed by atoms with Crippen LogP contribution >= 0.6 is 27.5 Å². The number of nitrogens with zero attached hydrogens (tertiary/aromatic N) is 1. The topological polar surface area (TPSA) is 36.1 Å². The molecule has 0 aliphatic rings. The van der Waals surface area contributed by atoms with E-state index in [1.54, 1.807) is 11.9 Å². The molecular weight excluding hydrogens is 364 g/mol. The van der Waals surface area contributed by atoms with Crippen LogP contribution in [-0.2, 0) is 6.54 Å². The molecule has 0 saturated carbocycles. The summed E-state index contributed by atoms with van der Waals surface area (Å²) in [6.45, 7) is 0.512. The third-order valence-corrected chi connectivity index (χ3v) is 4.20. The van der Waals surface area contributed by atoms with Gasteiger partial charge in [-0.3, -0.25) is 4.79 Å². The zero-order chi connectivity index (χ0) is 15.7. The summed E-state index contributed by atoms with van der Waals surface area (Å²) < 4.78 is 0.991. The van der Waals surface area contributed by atoms with Crippen molar-refractivity contribution >= 4 is 44.3 Å². The smallest absolute Gasteiger partial charge is 0.270 e. The van der Waals surface area contributed by atoms with Gasteiger partial charge in [0.15, 0.2) is 0 Å². The van der Waals surface area contributed by atoms with Gasteiger partial charge in [0, 0.05) is 34.0 Å². The van der Waals surface area contributed by atoms with Crippen molar-refractivity contribution in [3.05, 3.63) is 69.3 Å². The fourth-order valence-corrected chi connectivity index (χ4v) is 3.00. The number of benzene rings is 2. The summed E-state index contributed by atoms with van der Waals surface area (Å²) in [6.07, 6.45) is 0. The molecule has 2 aromatic carbocycles. The normalized spacial score (nSPS) is 10.9. The molecule has 0 aliphatic heterocycles. The van der Waals surface area contributed by atoms with E-state index in [0.717, 1.165) is 20.9 Å². The minimum absolute atomic E-state index is 0.0488. The van der Waals surface area contributed by atoms with Crippen molar-refractivity contribution < 1.29 is 4.79 Å². The molecule has 112 valence electrons. The average Bonchev–Trinajstić information content (AvgIpc) is 2.89. The number of H-pyrrole nitrogens is 1. The standard InChI is InChI=1S/C17H14BrClN2O/c1-21(10-11-3-2-4-14(19)7-11)17(22)16-9-12-8-13(18)5-6-15(12)20-16/h2-9,20H,10H2,1H3. The van der Waals surface area contributed by atoms with Crippen molar-refractivity contribution in [3.8, 4) is 0 Å². The zero-order valence-corrected chi connectivity index (χ0v) is 14.3. The molecule has 0 radical (unpaired) electrons. The van der Waals surface area contributed by atoms with Gasteiger partial charge in [-0.2, -0.15) is 0 Å². The summed E-state index contributed by atoms with van der Waals surface area (Å²) in [7, 11) is 1.78. The minimum Gasteiger partial charge on any atom is -0.351 e. The first-order chi connectivity index (χ1) is 10.5. The zero-order valence-electron chi connectivity index (χ0n) is 11.9. The van der Waals surface area contributed by atoms with Crippen LogP contribution in [0.5, 0.6) is 0 Å². The maximum Gasteiger partial charge on any atom is 0.270 e. The van der Waals surface area contributed by atoms with E-state index in [1.807, 2.05) is 48.5 Å². The third-order valence-electron chi connectivity index (χ3n) is 3.47. The van der Waals surface area contributed by atoms with Crippen LogP contribution in [0.2, 0.25) is 5.02 Å². The van der Waals surface area contributed by atoms with Crippen molar-refractivity contribution in [1.29, 1.82) is 0 Å². The lowest BCUT2D eigenvalue weighted by Gasteiger charge is -2.16. The van der Waals surface area contributed by atoms with E-state index in [2.05, 4.69) is 20.9 Å². The lowest BCUT2D eigenvalue weighted by atomic mass is 10.2. The fraction of sp³-hybridized carbons (Fsp3) is 0.118. The monoisotopic (exact) mass is 376 g/mol. The molecular formula is C17H14BrClN2O. The van der Waals surface area contributed by atoms with Gasteiger partial charge in [-0.25, -0.2) is 0 Å². The molecule has 22 heavy (non-hydrogen) atoms. The Hall–Kier alpha value is -1.78. The predicted molar refractivity (Wildman–Crippen MR) is 93.2 cm³/mol. The molecule has 0 saturated heterocycles. The summed E-state index contributed by atoms with van der Waals surface area (Å²) in [4.78, 5) is 17.4. The molecule has 3 nitrogen and oxygen atoms in total. The molecule has 1 heterocycles. The maximum absolute atomic E-state index is 12.5. The molecule has 3 aromatic rings. The number of nitrogens with one attached hydrogen (secondary N) is 1. The van der Waals surface area contributed by atoms with Gasteiger partial charge in [-0.15, -0.1) is 0 Å². The van der Waals surface area contributed by atoms with Gasteiger partial charge in [0.2, 0.25) is 0 Å². The van der Waals surface area contributed by atoms with E-state index in [1.165, 1.54) is 0 Å². The molecule has 3 rings (SSSR count). The Morgan fingerprint density at radius 1 is 1.23 bits per heavy atom. The van der Waals surface area contributed by atoms with E-state index in [9.17, 15) is 4.79 Å². The second-order valence-corrected chi connectivity index (χ2v) is 6.56. The van der Waals surface area contributed by atoms with Gasteiger partial charge in [0.25, 0.3) is 5.91 Å². The second kappa shape index (κ2) is 6.15. The number of rotatable bonds is 3. The van der Waals surface area contributed by atoms with Crippen LogP contribution in [0.4, 0.5) is 0 Å². The van der Waals surface area contributed by atoms with Crippen LogP contribution in [0.25, 0.3) is 10.9 Å². The molecule has 1 amide bonds. The van der Waals surface area contributed by atoms with Crippen LogP contribution in [0, 0.1) is 0 Å². The average molecular weight is 378 g/mol. The summed E-state index contributed by atoms with van der Waals surface area (Å²) in [5, 5.41) is 1.68. The number of aromatic nitrogens is 1. The highest BCUT2D eigenvalue weighted by atomic mass is 79.9. The van der Waals surface area contributed by atoms with Crippen LogP contribution in [0.3, 0.4) is 0 Å². The largest absolute Gasteiger partial charge is 0.351 e. The Kier molecular flexibility index (Phi) is 4.23. The first-order valence-corrected chi connectivity index (χ1v) is 7.98. The molecule has 0 atom stereocenters. The molecule has 0 fully saturated rings. The minimum atomic E-state index is -0.0488. The van der Waals surface area contributed by atoms with Gasteiger partial charge in [0.1, 0.15) is 5.69 Å². The highest BCUT2D eigenvalue weighted by Crippen LogP contribution is 2.21. The number of hydrogen-bond acceptors (Lipinski definition) is 1. The Morgan fingerprint density at radius 3 is 2.82 bits per heavy atom. The number of halogens is 2. The van der Waals surface area contributed by atoms with Crippen LogP contribution < -0.4 is 0 Å². The second-order valence-electron chi connectivity index (χ2n) is 5.21. The molecule has 0 spiro atoms. The molecule has 0 bridgehead atoms. The Labute approximate surface area is 142 Å². The highest BCUT2D eigenvalue weighted by molar-refractivity contribution is 9.10. The van der Waals surface area contributed by atoms with Crippen LogP contribution in [-0.4, -0.2) is 22.8 Å². The van der Waals surface area contributed by atoms with Gasteiger partial charge in [-0.05, 0) is 42.0 Å². The molecule has 0 aliphatic carbocycles. The lowest BCUT2D eigenvalue weighted by molar-refractivity contribution is 0.0780. The maximum atomic E-state index is 12.5. The summed E-state index contributed by atoms with van der Waals surface area (Å²) >= 11 is 9.42. The van der Waals surface area contributed by atoms with Crippen molar-refractivity contribution in [2.24, 2.45) is 0 Å². The van der Waals surface area contributed by atoms with Crippen LogP contribution in [0.1, 0.15) is 16.1 Å². The van der Waals surface area contributed by atoms with E-state index in [4.69, 9.17) is 11.6 Å². The van der Waals surface area contributed by atoms with E-state index in [0.29, 0.717) is 17.3 Å². The van der Waals surface area contributed by atoms with E-state index >= 15 is 0 Å². The Morgan fingerprint density at radius 2 is 2.05 bits per heavy atom. The summed E-state index contributed by atoms with van der Waals surface area (Å²) in [5.41, 5.74) is 2.53. The number of carbonyl (C=O) groups is 1. The fourth-order valence-electron chi connectivity index (χ4n) is 2.41. The number of fused-ring (bicyclic) bond motifs is 1. The van der Waals surface area contributed by atoms with Crippen LogP contribution in [0.15, 0.2) is 53.0 Å². The summed E-state index contributed by atoms with van der Waals surface area (Å²) in [6, 6.07) is 15.3. The molecule has 1 aromatic heterocycles. The quantitative estimate of drug-likeness (QED) is 0.695. The van der Waals surface area contributed by atoms with Crippen molar-refractivity contribution in [2.75, 3.05) is 7.05 Å². The SMILES string of the molecule is CN(Cc1cccc(Cl)c1)C(=O)c1cc2cc(Br)ccc2[nH]1. The van der Waals surface area contributed by atoms with E-state index in [-0.39, 0.29) is 5.91 Å². The van der Waals surface area contributed by atoms with Gasteiger partial charge >= 0.3 is 0 Å². The molecule has 5 heteroatoms. The van der Waals surface area contributed by atoms with Gasteiger partial charge in [-0.1, -0.05) is 39.7 Å². The Bertz CT molecular complexity index is 844. The number of amides is 1. The molecule has 0 unspecified atom stereocenters. The number of carbonyl (C=O) groups excluding carboxylic acids is 1. The third kappa shape index (κ3) is 3.18. The number of aromatic amines is 1. The van der Waals surface area contributed by atoms with Gasteiger partial charge in [0.05, 0.1) is 0 Å². The highest BCUT2D eigenvalue weighted by Gasteiger charge is 2.15. The predicted octanol–water partition coefficient (Wildman–Crippen LogP) is 4.86. The first-order valence-electron chi connectivity index (χ1n) is 6.81. The summed E-state index contributed by atoms with van der Waals surface area (Å²) in [5.74, 6) is -0.0488. The number of hydrogen-bond donors (Lipinski definition) is 1. The van der Waals surface area contributed by atoms with Gasteiger partial charge < -0.3 is 9.88 Å².